The number of ether oxygens (including phenoxy) is 1. The van der Waals surface area contributed by atoms with Gasteiger partial charge in [-0.05, 0) is 30.7 Å². The molecule has 110 valence electrons. The molecule has 0 heterocycles. The lowest BCUT2D eigenvalue weighted by atomic mass is 10.1. The van der Waals surface area contributed by atoms with E-state index in [1.165, 1.54) is 24.3 Å². The van der Waals surface area contributed by atoms with Gasteiger partial charge < -0.3 is 10.5 Å². The van der Waals surface area contributed by atoms with E-state index in [4.69, 9.17) is 10.5 Å². The van der Waals surface area contributed by atoms with E-state index in [-0.39, 0.29) is 18.3 Å². The lowest BCUT2D eigenvalue weighted by Crippen LogP contribution is -2.08. The van der Waals surface area contributed by atoms with Crippen LogP contribution in [-0.2, 0) is 6.61 Å². The molecular weight excluding hydrogens is 275 g/mol. The maximum Gasteiger partial charge on any atom is 0.269 e. The number of hydrogen-bond donors (Lipinski definition) is 1. The average Bonchev–Trinajstić information content (AvgIpc) is 2.45. The van der Waals surface area contributed by atoms with E-state index in [1.54, 1.807) is 25.1 Å². The highest BCUT2D eigenvalue weighted by Crippen LogP contribution is 2.26. The molecule has 0 fully saturated rings. The van der Waals surface area contributed by atoms with Crippen LogP contribution in [0.2, 0.25) is 0 Å². The van der Waals surface area contributed by atoms with Crippen LogP contribution in [0.15, 0.2) is 42.5 Å². The Bertz CT molecular complexity index is 642. The van der Waals surface area contributed by atoms with Gasteiger partial charge in [-0.3, -0.25) is 10.1 Å². The van der Waals surface area contributed by atoms with Gasteiger partial charge in [0.2, 0.25) is 0 Å². The summed E-state index contributed by atoms with van der Waals surface area (Å²) < 4.78 is 18.9. The topological polar surface area (TPSA) is 78.4 Å². The molecule has 6 heteroatoms. The number of nitro groups is 1. The van der Waals surface area contributed by atoms with Crippen molar-refractivity contribution in [1.82, 2.24) is 0 Å². The highest BCUT2D eigenvalue weighted by atomic mass is 19.1. The summed E-state index contributed by atoms with van der Waals surface area (Å²) in [5, 5.41) is 10.6. The molecule has 0 radical (unpaired) electrons. The van der Waals surface area contributed by atoms with E-state index >= 15 is 0 Å². The normalized spacial score (nSPS) is 12.0. The van der Waals surface area contributed by atoms with Crippen molar-refractivity contribution >= 4 is 5.69 Å². The predicted molar refractivity (Wildman–Crippen MR) is 76.4 cm³/mol. The van der Waals surface area contributed by atoms with Gasteiger partial charge in [-0.2, -0.15) is 0 Å². The van der Waals surface area contributed by atoms with Crippen molar-refractivity contribution in [2.75, 3.05) is 0 Å². The quantitative estimate of drug-likeness (QED) is 0.676. The van der Waals surface area contributed by atoms with Crippen molar-refractivity contribution in [2.24, 2.45) is 5.73 Å². The minimum atomic E-state index is -0.467. The molecule has 0 aliphatic rings. The first kappa shape index (κ1) is 14.9. The summed E-state index contributed by atoms with van der Waals surface area (Å²) in [6, 6.07) is 9.92. The zero-order valence-corrected chi connectivity index (χ0v) is 11.5. The molecule has 0 aliphatic heterocycles. The second kappa shape index (κ2) is 6.32. The van der Waals surface area contributed by atoms with Crippen LogP contribution in [0.4, 0.5) is 10.1 Å². The Morgan fingerprint density at radius 2 is 1.95 bits per heavy atom. The van der Waals surface area contributed by atoms with Crippen molar-refractivity contribution in [3.05, 3.63) is 69.5 Å². The van der Waals surface area contributed by atoms with Crippen molar-refractivity contribution in [3.8, 4) is 5.75 Å². The maximum atomic E-state index is 13.3. The molecule has 0 amide bonds. The van der Waals surface area contributed by atoms with Gasteiger partial charge in [-0.25, -0.2) is 4.39 Å². The first-order valence-corrected chi connectivity index (χ1v) is 6.38. The minimum Gasteiger partial charge on any atom is -0.488 e. The Morgan fingerprint density at radius 3 is 2.52 bits per heavy atom. The Hall–Kier alpha value is -2.47. The van der Waals surface area contributed by atoms with Gasteiger partial charge in [0.25, 0.3) is 5.69 Å². The fraction of sp³-hybridized carbons (Fsp3) is 0.200. The summed E-state index contributed by atoms with van der Waals surface area (Å²) in [4.78, 5) is 10.1. The summed E-state index contributed by atoms with van der Waals surface area (Å²) >= 11 is 0. The number of nitrogens with two attached hydrogens (primary N) is 1. The van der Waals surface area contributed by atoms with E-state index in [9.17, 15) is 14.5 Å². The second-order valence-electron chi connectivity index (χ2n) is 4.68. The summed E-state index contributed by atoms with van der Waals surface area (Å²) in [5.41, 5.74) is 7.28. The summed E-state index contributed by atoms with van der Waals surface area (Å²) in [6.07, 6.45) is 0. The number of benzene rings is 2. The number of rotatable bonds is 5. The predicted octanol–water partition coefficient (Wildman–Crippen LogP) is 3.33. The van der Waals surface area contributed by atoms with Crippen molar-refractivity contribution in [2.45, 2.75) is 19.6 Å². The number of non-ortho nitro benzene ring substituents is 1. The van der Waals surface area contributed by atoms with E-state index < -0.39 is 10.7 Å². The van der Waals surface area contributed by atoms with Crippen molar-refractivity contribution in [1.29, 1.82) is 0 Å². The molecule has 21 heavy (non-hydrogen) atoms. The highest BCUT2D eigenvalue weighted by molar-refractivity contribution is 5.37. The minimum absolute atomic E-state index is 0.0146. The van der Waals surface area contributed by atoms with Gasteiger partial charge >= 0.3 is 0 Å². The standard InChI is InChI=1S/C15H15FN2O3/c1-10(17)14-7-4-12(16)8-15(14)21-9-11-2-5-13(6-3-11)18(19)20/h2-8,10H,9,17H2,1H3/t10-/m0/s1. The van der Waals surface area contributed by atoms with Gasteiger partial charge in [0.05, 0.1) is 4.92 Å². The maximum absolute atomic E-state index is 13.3. The van der Waals surface area contributed by atoms with Crippen LogP contribution >= 0.6 is 0 Å². The van der Waals surface area contributed by atoms with Gasteiger partial charge in [0, 0.05) is 29.8 Å². The number of nitrogens with zero attached hydrogens (tertiary/aromatic N) is 1. The first-order valence-electron chi connectivity index (χ1n) is 6.38. The van der Waals surface area contributed by atoms with Crippen LogP contribution in [0, 0.1) is 15.9 Å². The Morgan fingerprint density at radius 1 is 1.29 bits per heavy atom. The zero-order chi connectivity index (χ0) is 15.4. The van der Waals surface area contributed by atoms with Gasteiger partial charge in [0.1, 0.15) is 18.2 Å². The second-order valence-corrected chi connectivity index (χ2v) is 4.68. The SMILES string of the molecule is C[C@H](N)c1ccc(F)cc1OCc1ccc([N+](=O)[O-])cc1. The number of hydrogen-bond acceptors (Lipinski definition) is 4. The monoisotopic (exact) mass is 290 g/mol. The molecule has 0 spiro atoms. The lowest BCUT2D eigenvalue weighted by Gasteiger charge is -2.14. The Kier molecular flexibility index (Phi) is 4.49. The third-order valence-corrected chi connectivity index (χ3v) is 3.01. The van der Waals surface area contributed by atoms with Crippen LogP contribution in [0.3, 0.4) is 0 Å². The molecule has 0 aliphatic carbocycles. The third-order valence-electron chi connectivity index (χ3n) is 3.01. The summed E-state index contributed by atoms with van der Waals surface area (Å²) in [5.74, 6) is -0.0264. The molecular formula is C15H15FN2O3. The smallest absolute Gasteiger partial charge is 0.269 e. The van der Waals surface area contributed by atoms with Crippen LogP contribution in [0.1, 0.15) is 24.1 Å². The van der Waals surface area contributed by atoms with Crippen LogP contribution in [0.25, 0.3) is 0 Å². The average molecular weight is 290 g/mol. The molecule has 0 aromatic heterocycles. The van der Waals surface area contributed by atoms with E-state index in [0.717, 1.165) is 5.56 Å². The molecule has 0 saturated heterocycles. The summed E-state index contributed by atoms with van der Waals surface area (Å²) in [6.45, 7) is 1.97. The van der Waals surface area contributed by atoms with Crippen LogP contribution < -0.4 is 10.5 Å². The fourth-order valence-corrected chi connectivity index (χ4v) is 1.88. The number of nitro benzene ring substituents is 1. The van der Waals surface area contributed by atoms with E-state index in [0.29, 0.717) is 11.3 Å². The van der Waals surface area contributed by atoms with Crippen LogP contribution in [-0.4, -0.2) is 4.92 Å². The first-order chi connectivity index (χ1) is 9.97. The molecule has 5 nitrogen and oxygen atoms in total. The summed E-state index contributed by atoms with van der Waals surface area (Å²) in [7, 11) is 0. The van der Waals surface area contributed by atoms with Gasteiger partial charge in [-0.15, -0.1) is 0 Å². The van der Waals surface area contributed by atoms with Crippen LogP contribution in [0.5, 0.6) is 5.75 Å². The molecule has 0 bridgehead atoms. The molecule has 0 saturated carbocycles. The highest BCUT2D eigenvalue weighted by Gasteiger charge is 2.10. The van der Waals surface area contributed by atoms with Crippen molar-refractivity contribution in [3.63, 3.8) is 0 Å². The number of halogens is 1. The molecule has 1 atom stereocenters. The molecule has 2 N–H and O–H groups in total. The molecule has 2 aromatic carbocycles. The third kappa shape index (κ3) is 3.76. The Balaban J connectivity index is 2.12. The fourth-order valence-electron chi connectivity index (χ4n) is 1.88. The van der Waals surface area contributed by atoms with E-state index in [2.05, 4.69) is 0 Å². The van der Waals surface area contributed by atoms with Crippen molar-refractivity contribution < 1.29 is 14.1 Å². The van der Waals surface area contributed by atoms with Gasteiger partial charge in [-0.1, -0.05) is 6.07 Å². The molecule has 2 aromatic rings. The lowest BCUT2D eigenvalue weighted by molar-refractivity contribution is -0.384. The molecule has 2 rings (SSSR count). The van der Waals surface area contributed by atoms with Gasteiger partial charge in [0.15, 0.2) is 0 Å². The zero-order valence-electron chi connectivity index (χ0n) is 11.5. The van der Waals surface area contributed by atoms with E-state index in [1.807, 2.05) is 0 Å². The Labute approximate surface area is 121 Å². The molecule has 0 unspecified atom stereocenters. The largest absolute Gasteiger partial charge is 0.488 e.